The molecular formula is C21H23N3O2. The van der Waals surface area contributed by atoms with E-state index in [1.54, 1.807) is 7.11 Å². The van der Waals surface area contributed by atoms with Crippen molar-refractivity contribution in [1.29, 1.82) is 0 Å². The lowest BCUT2D eigenvalue weighted by molar-refractivity contribution is -0.125. The number of nitrogens with one attached hydrogen (secondary N) is 1. The Kier molecular flexibility index (Phi) is 4.61. The zero-order valence-electron chi connectivity index (χ0n) is 14.9. The van der Waals surface area contributed by atoms with Crippen LogP contribution in [-0.2, 0) is 24.2 Å². The lowest BCUT2D eigenvalue weighted by Crippen LogP contribution is -2.36. The van der Waals surface area contributed by atoms with Gasteiger partial charge in [0.05, 0.1) is 13.0 Å². The summed E-state index contributed by atoms with van der Waals surface area (Å²) in [5.41, 5.74) is 1.14. The van der Waals surface area contributed by atoms with Gasteiger partial charge in [-0.15, -0.1) is 0 Å². The number of imidazole rings is 1. The summed E-state index contributed by atoms with van der Waals surface area (Å²) in [6.45, 7) is 1.33. The molecule has 0 aliphatic carbocycles. The van der Waals surface area contributed by atoms with Gasteiger partial charge in [0.1, 0.15) is 11.6 Å². The summed E-state index contributed by atoms with van der Waals surface area (Å²) in [5.74, 6) is 2.10. The molecule has 0 radical (unpaired) electrons. The monoisotopic (exact) mass is 349 g/mol. The number of benzene rings is 2. The minimum Gasteiger partial charge on any atom is -0.496 e. The van der Waals surface area contributed by atoms with Gasteiger partial charge in [-0.3, -0.25) is 4.79 Å². The number of hydrogen-bond donors (Lipinski definition) is 1. The van der Waals surface area contributed by atoms with Crippen LogP contribution in [0.1, 0.15) is 17.8 Å². The Morgan fingerprint density at radius 3 is 3.08 bits per heavy atom. The molecule has 1 unspecified atom stereocenters. The van der Waals surface area contributed by atoms with Gasteiger partial charge in [0.2, 0.25) is 5.91 Å². The number of hydrogen-bond acceptors (Lipinski definition) is 3. The van der Waals surface area contributed by atoms with Crippen LogP contribution in [0.3, 0.4) is 0 Å². The zero-order valence-corrected chi connectivity index (χ0v) is 14.9. The van der Waals surface area contributed by atoms with E-state index in [9.17, 15) is 4.79 Å². The van der Waals surface area contributed by atoms with Crippen LogP contribution in [0, 0.1) is 5.92 Å². The quantitative estimate of drug-likeness (QED) is 0.770. The van der Waals surface area contributed by atoms with Gasteiger partial charge < -0.3 is 14.6 Å². The molecule has 5 heteroatoms. The third-order valence-electron chi connectivity index (χ3n) is 5.20. The molecule has 4 rings (SSSR count). The Balaban J connectivity index is 1.42. The van der Waals surface area contributed by atoms with E-state index >= 15 is 0 Å². The Labute approximate surface area is 153 Å². The van der Waals surface area contributed by atoms with Gasteiger partial charge in [0.15, 0.2) is 0 Å². The molecule has 3 aromatic rings. The topological polar surface area (TPSA) is 56.1 Å². The van der Waals surface area contributed by atoms with Crippen molar-refractivity contribution in [3.63, 3.8) is 0 Å². The fourth-order valence-electron chi connectivity index (χ4n) is 3.80. The third kappa shape index (κ3) is 3.17. The van der Waals surface area contributed by atoms with E-state index in [4.69, 9.17) is 4.74 Å². The molecule has 134 valence electrons. The summed E-state index contributed by atoms with van der Waals surface area (Å²) in [6, 6.07) is 12.4. The van der Waals surface area contributed by atoms with Gasteiger partial charge >= 0.3 is 0 Å². The number of fused-ring (bicyclic) bond motifs is 2. The molecule has 5 nitrogen and oxygen atoms in total. The number of methoxy groups -OCH3 is 1. The molecule has 1 aromatic heterocycles. The number of carbonyl (C=O) groups excluding carboxylic acids is 1. The van der Waals surface area contributed by atoms with Crippen molar-refractivity contribution in [2.75, 3.05) is 13.7 Å². The first kappa shape index (κ1) is 16.6. The largest absolute Gasteiger partial charge is 0.496 e. The van der Waals surface area contributed by atoms with Gasteiger partial charge in [-0.25, -0.2) is 4.98 Å². The van der Waals surface area contributed by atoms with Crippen LogP contribution in [0.4, 0.5) is 0 Å². The lowest BCUT2D eigenvalue weighted by atomic mass is 9.98. The second kappa shape index (κ2) is 7.20. The van der Waals surface area contributed by atoms with Crippen LogP contribution in [0.2, 0.25) is 0 Å². The van der Waals surface area contributed by atoms with Crippen molar-refractivity contribution in [3.8, 4) is 5.75 Å². The Morgan fingerprint density at radius 2 is 2.19 bits per heavy atom. The van der Waals surface area contributed by atoms with E-state index in [-0.39, 0.29) is 11.8 Å². The summed E-state index contributed by atoms with van der Waals surface area (Å²) < 4.78 is 7.62. The van der Waals surface area contributed by atoms with Crippen LogP contribution in [0.5, 0.6) is 5.75 Å². The highest BCUT2D eigenvalue weighted by Gasteiger charge is 2.24. The van der Waals surface area contributed by atoms with E-state index in [0.29, 0.717) is 6.54 Å². The summed E-state index contributed by atoms with van der Waals surface area (Å²) >= 11 is 0. The zero-order chi connectivity index (χ0) is 17.9. The maximum Gasteiger partial charge on any atom is 0.224 e. The molecule has 1 aliphatic rings. The first-order chi connectivity index (χ1) is 12.8. The van der Waals surface area contributed by atoms with Crippen molar-refractivity contribution >= 4 is 16.7 Å². The van der Waals surface area contributed by atoms with E-state index in [1.165, 1.54) is 10.8 Å². The predicted molar refractivity (Wildman–Crippen MR) is 101 cm³/mol. The summed E-state index contributed by atoms with van der Waals surface area (Å²) in [4.78, 5) is 16.9. The van der Waals surface area contributed by atoms with Crippen LogP contribution < -0.4 is 10.1 Å². The van der Waals surface area contributed by atoms with E-state index < -0.39 is 0 Å². The summed E-state index contributed by atoms with van der Waals surface area (Å²) in [6.07, 6.45) is 6.24. The van der Waals surface area contributed by atoms with Gasteiger partial charge in [-0.05, 0) is 29.7 Å². The molecule has 26 heavy (non-hydrogen) atoms. The summed E-state index contributed by atoms with van der Waals surface area (Å²) in [7, 11) is 1.69. The minimum atomic E-state index is 0.0195. The SMILES string of the molecule is COc1ccc2ccccc2c1CCNC(=O)C1CCc2nccn2C1. The maximum absolute atomic E-state index is 12.6. The Bertz CT molecular complexity index is 932. The van der Waals surface area contributed by atoms with Crippen LogP contribution >= 0.6 is 0 Å². The number of ether oxygens (including phenoxy) is 1. The molecule has 2 aromatic carbocycles. The number of aryl methyl sites for hydroxylation is 1. The lowest BCUT2D eigenvalue weighted by Gasteiger charge is -2.23. The van der Waals surface area contributed by atoms with E-state index in [1.807, 2.05) is 30.6 Å². The minimum absolute atomic E-state index is 0.0195. The van der Waals surface area contributed by atoms with Crippen molar-refractivity contribution < 1.29 is 9.53 Å². The number of amides is 1. The van der Waals surface area contributed by atoms with Crippen molar-refractivity contribution in [2.24, 2.45) is 5.92 Å². The molecule has 0 saturated carbocycles. The average Bonchev–Trinajstić information content (AvgIpc) is 3.15. The molecular weight excluding hydrogens is 326 g/mol. The number of aromatic nitrogens is 2. The Hall–Kier alpha value is -2.82. The maximum atomic E-state index is 12.6. The Morgan fingerprint density at radius 1 is 1.31 bits per heavy atom. The van der Waals surface area contributed by atoms with E-state index in [0.717, 1.165) is 42.9 Å². The third-order valence-corrected chi connectivity index (χ3v) is 5.20. The van der Waals surface area contributed by atoms with Gasteiger partial charge in [-0.2, -0.15) is 0 Å². The van der Waals surface area contributed by atoms with Gasteiger partial charge in [0.25, 0.3) is 0 Å². The molecule has 1 amide bonds. The second-order valence-corrected chi connectivity index (χ2v) is 6.74. The van der Waals surface area contributed by atoms with E-state index in [2.05, 4.69) is 33.1 Å². The molecule has 0 fully saturated rings. The van der Waals surface area contributed by atoms with Crippen LogP contribution in [0.25, 0.3) is 10.8 Å². The standard InChI is InChI=1S/C21H23N3O2/c1-26-19-8-6-15-4-2-3-5-17(15)18(19)10-11-23-21(25)16-7-9-20-22-12-13-24(20)14-16/h2-6,8,12-13,16H,7,9-11,14H2,1H3,(H,23,25). The highest BCUT2D eigenvalue weighted by Crippen LogP contribution is 2.28. The normalized spacial score (nSPS) is 16.3. The molecule has 2 heterocycles. The smallest absolute Gasteiger partial charge is 0.224 e. The fraction of sp³-hybridized carbons (Fsp3) is 0.333. The second-order valence-electron chi connectivity index (χ2n) is 6.74. The van der Waals surface area contributed by atoms with Crippen LogP contribution in [0.15, 0.2) is 48.8 Å². The fourth-order valence-corrected chi connectivity index (χ4v) is 3.80. The van der Waals surface area contributed by atoms with Gasteiger partial charge in [-0.1, -0.05) is 30.3 Å². The van der Waals surface area contributed by atoms with Gasteiger partial charge in [0, 0.05) is 37.5 Å². The number of nitrogens with zero attached hydrogens (tertiary/aromatic N) is 2. The predicted octanol–water partition coefficient (Wildman–Crippen LogP) is 2.97. The highest BCUT2D eigenvalue weighted by atomic mass is 16.5. The first-order valence-electron chi connectivity index (χ1n) is 9.08. The highest BCUT2D eigenvalue weighted by molar-refractivity contribution is 5.88. The summed E-state index contributed by atoms with van der Waals surface area (Å²) in [5, 5.41) is 5.48. The molecule has 1 N–H and O–H groups in total. The van der Waals surface area contributed by atoms with Crippen LogP contribution in [-0.4, -0.2) is 29.1 Å². The molecule has 0 bridgehead atoms. The molecule has 0 saturated heterocycles. The van der Waals surface area contributed by atoms with Crippen molar-refractivity contribution in [2.45, 2.75) is 25.8 Å². The van der Waals surface area contributed by atoms with Crippen molar-refractivity contribution in [3.05, 3.63) is 60.2 Å². The molecule has 1 atom stereocenters. The average molecular weight is 349 g/mol. The molecule has 1 aliphatic heterocycles. The first-order valence-corrected chi connectivity index (χ1v) is 9.08. The number of rotatable bonds is 5. The molecule has 0 spiro atoms. The number of carbonyl (C=O) groups is 1. The van der Waals surface area contributed by atoms with Crippen molar-refractivity contribution in [1.82, 2.24) is 14.9 Å².